The molecule has 1 aliphatic carbocycles. The minimum Gasteiger partial charge on any atom is -0.394 e. The molecular formula is C24H25ClFN5O4. The SMILES string of the molecule is CC1(C)O[C@@H]2[C@H](O1)[C@@H](CO)O[C@H]2n1cnc2c(N3CC4(CCc5cc(F)ccc54)C3)nc(Cl)nc21. The third-order valence-corrected chi connectivity index (χ3v) is 7.92. The highest BCUT2D eigenvalue weighted by Crippen LogP contribution is 2.48. The Labute approximate surface area is 205 Å². The Morgan fingerprint density at radius 3 is 2.80 bits per heavy atom. The van der Waals surface area contributed by atoms with E-state index in [0.29, 0.717) is 17.0 Å². The van der Waals surface area contributed by atoms with E-state index in [9.17, 15) is 9.50 Å². The van der Waals surface area contributed by atoms with Crippen molar-refractivity contribution in [1.82, 2.24) is 19.5 Å². The number of aromatic nitrogens is 4. The van der Waals surface area contributed by atoms with E-state index in [-0.39, 0.29) is 23.1 Å². The minimum atomic E-state index is -0.786. The lowest BCUT2D eigenvalue weighted by Crippen LogP contribution is -2.58. The Morgan fingerprint density at radius 2 is 2.00 bits per heavy atom. The lowest BCUT2D eigenvalue weighted by molar-refractivity contribution is -0.199. The summed E-state index contributed by atoms with van der Waals surface area (Å²) < 4.78 is 33.7. The van der Waals surface area contributed by atoms with E-state index in [1.54, 1.807) is 23.0 Å². The molecule has 4 atom stereocenters. The van der Waals surface area contributed by atoms with Gasteiger partial charge in [0.1, 0.15) is 24.1 Å². The lowest BCUT2D eigenvalue weighted by atomic mass is 9.75. The standard InChI is InChI=1S/C24H25ClFN5O4/c1-23(2)34-17-15(8-32)33-21(18(17)35-23)31-11-27-16-19(28-22(25)29-20(16)31)30-9-24(10-30)6-5-12-7-13(26)3-4-14(12)24/h3-4,7,11,15,17-18,21,32H,5-6,8-10H2,1-2H3/t15-,17-,18-,21-/m1/s1. The van der Waals surface area contributed by atoms with Gasteiger partial charge in [0, 0.05) is 18.5 Å². The predicted octanol–water partition coefficient (Wildman–Crippen LogP) is 2.73. The molecule has 0 amide bonds. The first-order chi connectivity index (χ1) is 16.8. The van der Waals surface area contributed by atoms with Crippen LogP contribution in [-0.4, -0.2) is 68.4 Å². The molecule has 0 bridgehead atoms. The summed E-state index contributed by atoms with van der Waals surface area (Å²) in [5.74, 6) is -0.311. The average molecular weight is 502 g/mol. The molecule has 3 fully saturated rings. The van der Waals surface area contributed by atoms with Gasteiger partial charge in [-0.15, -0.1) is 0 Å². The first-order valence-corrected chi connectivity index (χ1v) is 12.2. The number of imidazole rings is 1. The number of ether oxygens (including phenoxy) is 3. The number of aliphatic hydroxyl groups excluding tert-OH is 1. The molecule has 7 rings (SSSR count). The van der Waals surface area contributed by atoms with Gasteiger partial charge in [-0.2, -0.15) is 9.97 Å². The van der Waals surface area contributed by atoms with Crippen LogP contribution in [-0.2, 0) is 26.0 Å². The predicted molar refractivity (Wildman–Crippen MR) is 124 cm³/mol. The fourth-order valence-corrected chi connectivity index (χ4v) is 6.43. The van der Waals surface area contributed by atoms with Gasteiger partial charge in [0.15, 0.2) is 29.0 Å². The molecule has 11 heteroatoms. The molecule has 1 N–H and O–H groups in total. The number of anilines is 1. The van der Waals surface area contributed by atoms with Crippen molar-refractivity contribution < 1.29 is 23.7 Å². The van der Waals surface area contributed by atoms with Crippen molar-refractivity contribution in [2.45, 2.75) is 62.4 Å². The Hall–Kier alpha value is -2.37. The molecule has 5 heterocycles. The molecule has 3 saturated heterocycles. The second-order valence-electron chi connectivity index (χ2n) is 10.4. The molecule has 0 saturated carbocycles. The van der Waals surface area contributed by atoms with E-state index in [2.05, 4.69) is 19.9 Å². The molecule has 3 aromatic rings. The van der Waals surface area contributed by atoms with Crippen LogP contribution in [0.5, 0.6) is 0 Å². The molecule has 4 aliphatic rings. The highest BCUT2D eigenvalue weighted by atomic mass is 35.5. The molecule has 0 radical (unpaired) electrons. The van der Waals surface area contributed by atoms with Gasteiger partial charge in [0.2, 0.25) is 5.28 Å². The third kappa shape index (κ3) is 3.17. The number of rotatable bonds is 3. The first kappa shape index (κ1) is 21.9. The molecule has 3 aliphatic heterocycles. The maximum absolute atomic E-state index is 13.7. The van der Waals surface area contributed by atoms with Crippen molar-refractivity contribution in [2.24, 2.45) is 0 Å². The summed E-state index contributed by atoms with van der Waals surface area (Å²) in [6, 6.07) is 5.11. The molecule has 9 nitrogen and oxygen atoms in total. The number of aliphatic hydroxyl groups is 1. The van der Waals surface area contributed by atoms with Crippen molar-refractivity contribution in [3.8, 4) is 0 Å². The minimum absolute atomic E-state index is 0.00785. The first-order valence-electron chi connectivity index (χ1n) is 11.8. The number of halogens is 2. The molecule has 35 heavy (non-hydrogen) atoms. The van der Waals surface area contributed by atoms with Gasteiger partial charge >= 0.3 is 0 Å². The Balaban J connectivity index is 1.22. The van der Waals surface area contributed by atoms with Gasteiger partial charge in [-0.1, -0.05) is 6.07 Å². The number of aryl methyl sites for hydroxylation is 1. The smallest absolute Gasteiger partial charge is 0.226 e. The summed E-state index contributed by atoms with van der Waals surface area (Å²) >= 11 is 6.38. The molecule has 0 unspecified atom stereocenters. The molecule has 1 spiro atoms. The Morgan fingerprint density at radius 1 is 1.20 bits per heavy atom. The highest BCUT2D eigenvalue weighted by Gasteiger charge is 2.56. The van der Waals surface area contributed by atoms with Crippen LogP contribution in [0.3, 0.4) is 0 Å². The van der Waals surface area contributed by atoms with Crippen LogP contribution < -0.4 is 4.90 Å². The van der Waals surface area contributed by atoms with E-state index in [1.807, 2.05) is 19.9 Å². The molecular weight excluding hydrogens is 477 g/mol. The second-order valence-corrected chi connectivity index (χ2v) is 10.7. The quantitative estimate of drug-likeness (QED) is 0.547. The van der Waals surface area contributed by atoms with Crippen molar-refractivity contribution >= 4 is 28.6 Å². The monoisotopic (exact) mass is 501 g/mol. The maximum Gasteiger partial charge on any atom is 0.226 e. The maximum atomic E-state index is 13.7. The van der Waals surface area contributed by atoms with E-state index in [0.717, 1.165) is 31.5 Å². The van der Waals surface area contributed by atoms with Crippen molar-refractivity contribution in [3.63, 3.8) is 0 Å². The van der Waals surface area contributed by atoms with Crippen LogP contribution >= 0.6 is 11.6 Å². The van der Waals surface area contributed by atoms with Gasteiger partial charge in [-0.05, 0) is 61.5 Å². The summed E-state index contributed by atoms with van der Waals surface area (Å²) in [7, 11) is 0. The average Bonchev–Trinajstić information content (AvgIpc) is 3.51. The third-order valence-electron chi connectivity index (χ3n) is 7.75. The Bertz CT molecular complexity index is 1340. The summed E-state index contributed by atoms with van der Waals surface area (Å²) in [5.41, 5.74) is 3.45. The number of hydrogen-bond donors (Lipinski definition) is 1. The van der Waals surface area contributed by atoms with Crippen molar-refractivity contribution in [3.05, 3.63) is 46.8 Å². The zero-order chi connectivity index (χ0) is 24.1. The summed E-state index contributed by atoms with van der Waals surface area (Å²) in [6.45, 7) is 5.00. The van der Waals surface area contributed by atoms with Crippen LogP contribution in [0.15, 0.2) is 24.5 Å². The number of nitrogens with zero attached hydrogens (tertiary/aromatic N) is 5. The van der Waals surface area contributed by atoms with Gasteiger partial charge in [-0.3, -0.25) is 4.57 Å². The number of benzene rings is 1. The van der Waals surface area contributed by atoms with Crippen molar-refractivity contribution in [1.29, 1.82) is 0 Å². The van der Waals surface area contributed by atoms with Crippen LogP contribution in [0, 0.1) is 5.82 Å². The van der Waals surface area contributed by atoms with E-state index < -0.39 is 30.3 Å². The van der Waals surface area contributed by atoms with E-state index in [4.69, 9.17) is 25.8 Å². The van der Waals surface area contributed by atoms with Crippen LogP contribution in [0.2, 0.25) is 5.28 Å². The molecule has 2 aromatic heterocycles. The largest absolute Gasteiger partial charge is 0.394 e. The zero-order valence-corrected chi connectivity index (χ0v) is 20.1. The molecule has 184 valence electrons. The van der Waals surface area contributed by atoms with Gasteiger partial charge < -0.3 is 24.2 Å². The van der Waals surface area contributed by atoms with Gasteiger partial charge in [0.25, 0.3) is 0 Å². The van der Waals surface area contributed by atoms with Gasteiger partial charge in [-0.25, -0.2) is 9.37 Å². The fourth-order valence-electron chi connectivity index (χ4n) is 6.27. The fraction of sp³-hybridized carbons (Fsp3) is 0.542. The highest BCUT2D eigenvalue weighted by molar-refractivity contribution is 6.28. The summed E-state index contributed by atoms with van der Waals surface area (Å²) in [6.07, 6.45) is 1.56. The summed E-state index contributed by atoms with van der Waals surface area (Å²) in [4.78, 5) is 15.8. The van der Waals surface area contributed by atoms with Crippen LogP contribution in [0.25, 0.3) is 11.2 Å². The van der Waals surface area contributed by atoms with Crippen molar-refractivity contribution in [2.75, 3.05) is 24.6 Å². The zero-order valence-electron chi connectivity index (χ0n) is 19.3. The Kier molecular flexibility index (Phi) is 4.58. The normalized spacial score (nSPS) is 30.1. The summed E-state index contributed by atoms with van der Waals surface area (Å²) in [5, 5.41) is 9.95. The topological polar surface area (TPSA) is 94.8 Å². The second kappa shape index (κ2) is 7.33. The lowest BCUT2D eigenvalue weighted by Gasteiger charge is -2.49. The van der Waals surface area contributed by atoms with Crippen LogP contribution in [0.4, 0.5) is 10.2 Å². The van der Waals surface area contributed by atoms with E-state index in [1.165, 1.54) is 5.56 Å². The molecule has 1 aromatic carbocycles. The number of hydrogen-bond acceptors (Lipinski definition) is 8. The number of fused-ring (bicyclic) bond motifs is 4. The van der Waals surface area contributed by atoms with Gasteiger partial charge in [0.05, 0.1) is 12.9 Å². The van der Waals surface area contributed by atoms with Crippen LogP contribution in [0.1, 0.15) is 37.6 Å². The van der Waals surface area contributed by atoms with E-state index >= 15 is 0 Å².